The molecule has 19 heavy (non-hydrogen) atoms. The third-order valence-electron chi connectivity index (χ3n) is 2.59. The molecule has 0 aliphatic carbocycles. The highest BCUT2D eigenvalue weighted by molar-refractivity contribution is 7.89. The minimum absolute atomic E-state index is 0.00751. The van der Waals surface area contributed by atoms with E-state index in [1.807, 2.05) is 13.0 Å². The van der Waals surface area contributed by atoms with Crippen molar-refractivity contribution in [2.24, 2.45) is 5.92 Å². The summed E-state index contributed by atoms with van der Waals surface area (Å²) in [4.78, 5) is -0.107. The zero-order chi connectivity index (χ0) is 14.5. The summed E-state index contributed by atoms with van der Waals surface area (Å²) in [6.45, 7) is 2.04. The molecule has 0 fully saturated rings. The zero-order valence-corrected chi connectivity index (χ0v) is 12.0. The lowest BCUT2D eigenvalue weighted by Gasteiger charge is -2.12. The van der Waals surface area contributed by atoms with Crippen LogP contribution in [0.4, 0.5) is 0 Å². The standard InChI is InChI=1S/C12H15ClN2O3S/c1-9(4-5-16)8-15-19(17,18)12-6-10(7-14)2-3-11(12)13/h2-3,6,9,15-16H,4-5,8H2,1H3. The summed E-state index contributed by atoms with van der Waals surface area (Å²) in [7, 11) is -3.75. The molecule has 0 saturated heterocycles. The molecule has 0 aliphatic heterocycles. The van der Waals surface area contributed by atoms with Crippen LogP contribution in [0.3, 0.4) is 0 Å². The number of nitrogens with one attached hydrogen (secondary N) is 1. The van der Waals surface area contributed by atoms with Crippen LogP contribution in [0.1, 0.15) is 18.9 Å². The van der Waals surface area contributed by atoms with Crippen LogP contribution >= 0.6 is 11.6 Å². The van der Waals surface area contributed by atoms with E-state index in [-0.39, 0.29) is 34.6 Å². The van der Waals surface area contributed by atoms with E-state index in [9.17, 15) is 8.42 Å². The van der Waals surface area contributed by atoms with Crippen molar-refractivity contribution in [1.29, 1.82) is 5.26 Å². The van der Waals surface area contributed by atoms with E-state index in [1.165, 1.54) is 18.2 Å². The maximum absolute atomic E-state index is 12.1. The van der Waals surface area contributed by atoms with Crippen LogP contribution in [-0.4, -0.2) is 26.7 Å². The topological polar surface area (TPSA) is 90.2 Å². The van der Waals surface area contributed by atoms with Crippen LogP contribution in [0, 0.1) is 17.2 Å². The smallest absolute Gasteiger partial charge is 0.242 e. The first-order chi connectivity index (χ1) is 8.90. The highest BCUT2D eigenvalue weighted by atomic mass is 35.5. The largest absolute Gasteiger partial charge is 0.396 e. The molecule has 1 rings (SSSR count). The van der Waals surface area contributed by atoms with Gasteiger partial charge in [-0.3, -0.25) is 0 Å². The second-order valence-electron chi connectivity index (χ2n) is 4.23. The molecular weight excluding hydrogens is 288 g/mol. The normalized spacial score (nSPS) is 12.9. The van der Waals surface area contributed by atoms with Crippen molar-refractivity contribution in [2.45, 2.75) is 18.2 Å². The Bertz CT molecular complexity index is 581. The zero-order valence-electron chi connectivity index (χ0n) is 10.4. The number of nitriles is 1. The van der Waals surface area contributed by atoms with Gasteiger partial charge in [-0.05, 0) is 30.5 Å². The predicted octanol–water partition coefficient (Wildman–Crippen LogP) is 1.51. The summed E-state index contributed by atoms with van der Waals surface area (Å²) in [6.07, 6.45) is 0.508. The van der Waals surface area contributed by atoms with Gasteiger partial charge < -0.3 is 5.11 Å². The molecule has 1 unspecified atom stereocenters. The fourth-order valence-electron chi connectivity index (χ4n) is 1.43. The first kappa shape index (κ1) is 15.9. The lowest BCUT2D eigenvalue weighted by Crippen LogP contribution is -2.29. The van der Waals surface area contributed by atoms with Crippen LogP contribution < -0.4 is 4.72 Å². The third kappa shape index (κ3) is 4.48. The van der Waals surface area contributed by atoms with E-state index in [2.05, 4.69) is 4.72 Å². The Morgan fingerprint density at radius 3 is 2.79 bits per heavy atom. The maximum Gasteiger partial charge on any atom is 0.242 e. The first-order valence-electron chi connectivity index (χ1n) is 5.71. The lowest BCUT2D eigenvalue weighted by molar-refractivity contribution is 0.263. The molecule has 104 valence electrons. The minimum Gasteiger partial charge on any atom is -0.396 e. The highest BCUT2D eigenvalue weighted by Crippen LogP contribution is 2.22. The number of aliphatic hydroxyl groups excluding tert-OH is 1. The van der Waals surface area contributed by atoms with Gasteiger partial charge in [0.1, 0.15) is 4.90 Å². The Labute approximate surface area is 117 Å². The monoisotopic (exact) mass is 302 g/mol. The van der Waals surface area contributed by atoms with Gasteiger partial charge in [0.2, 0.25) is 10.0 Å². The molecule has 7 heteroatoms. The summed E-state index contributed by atoms with van der Waals surface area (Å²) in [5.74, 6) is 0.0118. The molecular formula is C12H15ClN2O3S. The number of rotatable bonds is 6. The van der Waals surface area contributed by atoms with Crippen molar-refractivity contribution < 1.29 is 13.5 Å². The van der Waals surface area contributed by atoms with Crippen molar-refractivity contribution in [3.63, 3.8) is 0 Å². The van der Waals surface area contributed by atoms with Crippen LogP contribution in [0.15, 0.2) is 23.1 Å². The van der Waals surface area contributed by atoms with Gasteiger partial charge in [0.25, 0.3) is 0 Å². The first-order valence-corrected chi connectivity index (χ1v) is 7.57. The molecule has 0 aliphatic rings. The van der Waals surface area contributed by atoms with Crippen LogP contribution in [-0.2, 0) is 10.0 Å². The molecule has 0 aromatic heterocycles. The average Bonchev–Trinajstić information content (AvgIpc) is 2.37. The Hall–Kier alpha value is -1.13. The Morgan fingerprint density at radius 1 is 1.53 bits per heavy atom. The molecule has 0 radical (unpaired) electrons. The molecule has 0 bridgehead atoms. The highest BCUT2D eigenvalue weighted by Gasteiger charge is 2.19. The number of hydrogen-bond acceptors (Lipinski definition) is 4. The molecule has 0 saturated carbocycles. The fourth-order valence-corrected chi connectivity index (χ4v) is 3.12. The predicted molar refractivity (Wildman–Crippen MR) is 72.2 cm³/mol. The van der Waals surface area contributed by atoms with Crippen molar-refractivity contribution in [2.75, 3.05) is 13.2 Å². The molecule has 1 atom stereocenters. The summed E-state index contributed by atoms with van der Waals surface area (Å²) in [5, 5.41) is 17.6. The number of hydrogen-bond donors (Lipinski definition) is 2. The number of aliphatic hydroxyl groups is 1. The van der Waals surface area contributed by atoms with Gasteiger partial charge in [-0.1, -0.05) is 18.5 Å². The minimum atomic E-state index is -3.75. The van der Waals surface area contributed by atoms with Gasteiger partial charge in [0.05, 0.1) is 16.7 Å². The van der Waals surface area contributed by atoms with Gasteiger partial charge in [-0.15, -0.1) is 0 Å². The van der Waals surface area contributed by atoms with Gasteiger partial charge in [-0.2, -0.15) is 5.26 Å². The van der Waals surface area contributed by atoms with Crippen molar-refractivity contribution in [3.8, 4) is 6.07 Å². The Morgan fingerprint density at radius 2 is 2.21 bits per heavy atom. The van der Waals surface area contributed by atoms with E-state index >= 15 is 0 Å². The van der Waals surface area contributed by atoms with Crippen LogP contribution in [0.2, 0.25) is 5.02 Å². The third-order valence-corrected chi connectivity index (χ3v) is 4.50. The fraction of sp³-hybridized carbons (Fsp3) is 0.417. The molecule has 5 nitrogen and oxygen atoms in total. The van der Waals surface area contributed by atoms with Crippen molar-refractivity contribution >= 4 is 21.6 Å². The van der Waals surface area contributed by atoms with Crippen LogP contribution in [0.25, 0.3) is 0 Å². The molecule has 1 aromatic carbocycles. The Balaban J connectivity index is 2.92. The van der Waals surface area contributed by atoms with Gasteiger partial charge in [-0.25, -0.2) is 13.1 Å². The molecule has 2 N–H and O–H groups in total. The maximum atomic E-state index is 12.1. The summed E-state index contributed by atoms with van der Waals surface area (Å²) < 4.78 is 26.5. The van der Waals surface area contributed by atoms with E-state index in [0.717, 1.165) is 0 Å². The van der Waals surface area contributed by atoms with Gasteiger partial charge in [0, 0.05) is 13.2 Å². The van der Waals surface area contributed by atoms with E-state index in [1.54, 1.807) is 0 Å². The van der Waals surface area contributed by atoms with E-state index < -0.39 is 10.0 Å². The molecule has 0 amide bonds. The second kappa shape index (κ2) is 6.87. The van der Waals surface area contributed by atoms with Gasteiger partial charge in [0.15, 0.2) is 0 Å². The summed E-state index contributed by atoms with van der Waals surface area (Å²) >= 11 is 5.85. The number of nitrogens with zero attached hydrogens (tertiary/aromatic N) is 1. The SMILES string of the molecule is CC(CCO)CNS(=O)(=O)c1cc(C#N)ccc1Cl. The molecule has 0 heterocycles. The number of halogens is 1. The van der Waals surface area contributed by atoms with Crippen molar-refractivity contribution in [3.05, 3.63) is 28.8 Å². The lowest BCUT2D eigenvalue weighted by atomic mass is 10.1. The molecule has 0 spiro atoms. The number of benzene rings is 1. The van der Waals surface area contributed by atoms with Crippen LogP contribution in [0.5, 0.6) is 0 Å². The average molecular weight is 303 g/mol. The van der Waals surface area contributed by atoms with E-state index in [4.69, 9.17) is 22.0 Å². The summed E-state index contributed by atoms with van der Waals surface area (Å²) in [6, 6.07) is 5.94. The summed E-state index contributed by atoms with van der Waals surface area (Å²) in [5.41, 5.74) is 0.230. The quantitative estimate of drug-likeness (QED) is 0.833. The van der Waals surface area contributed by atoms with E-state index in [0.29, 0.717) is 6.42 Å². The van der Waals surface area contributed by atoms with Gasteiger partial charge >= 0.3 is 0 Å². The molecule has 1 aromatic rings. The Kier molecular flexibility index (Phi) is 5.76. The number of sulfonamides is 1. The van der Waals surface area contributed by atoms with Crippen molar-refractivity contribution in [1.82, 2.24) is 4.72 Å². The second-order valence-corrected chi connectivity index (χ2v) is 6.37.